The number of aryl methyl sites for hydroxylation is 1. The second-order valence-corrected chi connectivity index (χ2v) is 12.0. The molecule has 5 rings (SSSR count). The number of hydrogen-bond donors (Lipinski definition) is 1. The molecule has 0 unspecified atom stereocenters. The van der Waals surface area contributed by atoms with Crippen LogP contribution in [-0.2, 0) is 17.6 Å². The lowest BCUT2D eigenvalue weighted by molar-refractivity contribution is -0.126. The van der Waals surface area contributed by atoms with E-state index >= 15 is 4.39 Å². The van der Waals surface area contributed by atoms with E-state index in [2.05, 4.69) is 37.3 Å². The van der Waals surface area contributed by atoms with Crippen molar-refractivity contribution in [2.45, 2.75) is 71.4 Å². The second kappa shape index (κ2) is 11.4. The Morgan fingerprint density at radius 1 is 1.23 bits per heavy atom. The van der Waals surface area contributed by atoms with Gasteiger partial charge in [0.15, 0.2) is 0 Å². The summed E-state index contributed by atoms with van der Waals surface area (Å²) in [7, 11) is 2.13. The molecule has 1 aromatic heterocycles. The van der Waals surface area contributed by atoms with Crippen molar-refractivity contribution in [3.63, 3.8) is 0 Å². The number of ether oxygens (including phenoxy) is 1. The number of carbonyl (C=O) groups excluding carboxylic acids is 1. The average Bonchev–Trinajstić information content (AvgIpc) is 3.35. The van der Waals surface area contributed by atoms with E-state index in [0.29, 0.717) is 50.3 Å². The Hall–Kier alpha value is -3.20. The first-order chi connectivity index (χ1) is 19.1. The van der Waals surface area contributed by atoms with E-state index in [0.717, 1.165) is 54.0 Å². The fraction of sp³-hybridized carbons (Fsp3) is 0.581. The first-order valence-electron chi connectivity index (χ1n) is 14.5. The van der Waals surface area contributed by atoms with Crippen LogP contribution in [0.4, 0.5) is 15.9 Å². The number of hydrogen-bond acceptors (Lipinski definition) is 7. The number of likely N-dealkylation sites (tertiary alicyclic amines) is 1. The molecule has 216 valence electrons. The summed E-state index contributed by atoms with van der Waals surface area (Å²) in [5.74, 6) is 0.638. The van der Waals surface area contributed by atoms with E-state index in [1.54, 1.807) is 6.07 Å². The summed E-state index contributed by atoms with van der Waals surface area (Å²) in [5.41, 5.74) is 11.0. The highest BCUT2D eigenvalue weighted by Gasteiger charge is 2.37. The van der Waals surface area contributed by atoms with Gasteiger partial charge in [0.2, 0.25) is 5.91 Å². The second-order valence-electron chi connectivity index (χ2n) is 12.0. The maximum absolute atomic E-state index is 15.5. The molecule has 3 heterocycles. The van der Waals surface area contributed by atoms with Crippen molar-refractivity contribution >= 4 is 17.4 Å². The third-order valence-electron chi connectivity index (χ3n) is 9.37. The summed E-state index contributed by atoms with van der Waals surface area (Å²) < 4.78 is 21.8. The Kier molecular flexibility index (Phi) is 8.04. The van der Waals surface area contributed by atoms with E-state index in [-0.39, 0.29) is 35.3 Å². The minimum Gasteiger partial charge on any atom is -0.462 e. The summed E-state index contributed by atoms with van der Waals surface area (Å²) in [4.78, 5) is 28.7. The number of piperazine rings is 1. The van der Waals surface area contributed by atoms with Crippen molar-refractivity contribution in [1.82, 2.24) is 19.8 Å². The average molecular weight is 551 g/mol. The van der Waals surface area contributed by atoms with Gasteiger partial charge in [-0.05, 0) is 101 Å². The van der Waals surface area contributed by atoms with Gasteiger partial charge in [-0.15, -0.1) is 0 Å². The number of aromatic nitrogens is 2. The van der Waals surface area contributed by atoms with E-state index < -0.39 is 0 Å². The van der Waals surface area contributed by atoms with Crippen LogP contribution in [-0.4, -0.2) is 77.6 Å². The molecule has 2 N–H and O–H groups in total. The fourth-order valence-corrected chi connectivity index (χ4v) is 6.78. The molecule has 3 aliphatic rings. The molecule has 9 heteroatoms. The number of benzene rings is 1. The van der Waals surface area contributed by atoms with Crippen LogP contribution in [0.2, 0.25) is 0 Å². The number of nitrogens with zero attached hydrogens (tertiary/aromatic N) is 5. The molecular formula is C31H43FN6O2. The molecule has 0 radical (unpaired) electrons. The molecule has 1 amide bonds. The molecule has 2 fully saturated rings. The number of anilines is 2. The zero-order valence-electron chi connectivity index (χ0n) is 24.5. The molecule has 2 saturated heterocycles. The minimum atomic E-state index is -0.310. The maximum atomic E-state index is 15.5. The van der Waals surface area contributed by atoms with E-state index in [1.165, 1.54) is 6.08 Å². The highest BCUT2D eigenvalue weighted by Crippen LogP contribution is 2.43. The quantitative estimate of drug-likeness (QED) is 0.429. The van der Waals surface area contributed by atoms with Crippen LogP contribution >= 0.6 is 0 Å². The van der Waals surface area contributed by atoms with Crippen LogP contribution in [0.1, 0.15) is 60.6 Å². The van der Waals surface area contributed by atoms with Crippen LogP contribution in [0.15, 0.2) is 18.7 Å². The number of likely N-dealkylation sites (N-methyl/N-ethyl adjacent to an activating group) is 1. The van der Waals surface area contributed by atoms with Crippen molar-refractivity contribution in [3.8, 4) is 6.01 Å². The van der Waals surface area contributed by atoms with Crippen LogP contribution in [0.5, 0.6) is 6.01 Å². The summed E-state index contributed by atoms with van der Waals surface area (Å²) in [6.45, 7) is 15.4. The molecule has 4 atom stereocenters. The highest BCUT2D eigenvalue weighted by molar-refractivity contribution is 5.87. The van der Waals surface area contributed by atoms with Gasteiger partial charge in [-0.25, -0.2) is 4.39 Å². The third kappa shape index (κ3) is 5.28. The summed E-state index contributed by atoms with van der Waals surface area (Å²) in [6.07, 6.45) is 4.96. The first-order valence-corrected chi connectivity index (χ1v) is 14.5. The topological polar surface area (TPSA) is 87.8 Å². The summed E-state index contributed by atoms with van der Waals surface area (Å²) in [6, 6.07) is 2.50. The van der Waals surface area contributed by atoms with Crippen LogP contribution < -0.4 is 15.4 Å². The van der Waals surface area contributed by atoms with Gasteiger partial charge in [0, 0.05) is 37.3 Å². The van der Waals surface area contributed by atoms with Gasteiger partial charge in [0.25, 0.3) is 0 Å². The molecule has 0 spiro atoms. The molecule has 1 aromatic carbocycles. The Morgan fingerprint density at radius 2 is 2.00 bits per heavy atom. The predicted molar refractivity (Wildman–Crippen MR) is 156 cm³/mol. The third-order valence-corrected chi connectivity index (χ3v) is 9.37. The number of nitrogens with two attached hydrogens (primary N) is 1. The molecular weight excluding hydrogens is 507 g/mol. The maximum Gasteiger partial charge on any atom is 0.318 e. The first kappa shape index (κ1) is 28.3. The number of halogens is 1. The number of fused-ring (bicyclic) bond motifs is 1. The van der Waals surface area contributed by atoms with Crippen molar-refractivity contribution in [2.24, 2.45) is 5.92 Å². The van der Waals surface area contributed by atoms with Gasteiger partial charge >= 0.3 is 6.01 Å². The Labute approximate surface area is 237 Å². The Morgan fingerprint density at radius 3 is 2.67 bits per heavy atom. The Balaban J connectivity index is 1.51. The number of carbonyl (C=O) groups is 1. The summed E-state index contributed by atoms with van der Waals surface area (Å²) in [5, 5.41) is 0. The lowest BCUT2D eigenvalue weighted by atomic mass is 9.73. The molecule has 0 saturated carbocycles. The van der Waals surface area contributed by atoms with Crippen molar-refractivity contribution in [3.05, 3.63) is 52.5 Å². The lowest BCUT2D eigenvalue weighted by Crippen LogP contribution is -2.54. The molecule has 2 aliphatic heterocycles. The van der Waals surface area contributed by atoms with Crippen molar-refractivity contribution in [1.29, 1.82) is 0 Å². The Bertz CT molecular complexity index is 1270. The predicted octanol–water partition coefficient (Wildman–Crippen LogP) is 4.03. The largest absolute Gasteiger partial charge is 0.462 e. The van der Waals surface area contributed by atoms with E-state index in [1.807, 2.05) is 18.7 Å². The van der Waals surface area contributed by atoms with Gasteiger partial charge in [-0.2, -0.15) is 9.97 Å². The zero-order chi connectivity index (χ0) is 28.7. The molecule has 2 aromatic rings. The van der Waals surface area contributed by atoms with Crippen LogP contribution in [0, 0.1) is 25.6 Å². The standard InChI is InChI=1S/C31H43FN6O2/c1-7-27(39)37-11-12-38(20(4)16-37)30-24-13-19(3)23(28-21(5)18(2)14-25(33)29(28)32)15-26(24)34-31(35-30)40-17-22-9-8-10-36(22)6/h7,14,19-20,22-23H,1,8-13,15-17,33H2,2-6H3/t19-,20-,22-,23-/m0/s1. The fourth-order valence-electron chi connectivity index (χ4n) is 6.78. The smallest absolute Gasteiger partial charge is 0.318 e. The van der Waals surface area contributed by atoms with Gasteiger partial charge in [-0.1, -0.05) is 13.5 Å². The van der Waals surface area contributed by atoms with E-state index in [9.17, 15) is 4.79 Å². The lowest BCUT2D eigenvalue weighted by Gasteiger charge is -2.42. The van der Waals surface area contributed by atoms with Crippen LogP contribution in [0.25, 0.3) is 0 Å². The molecule has 8 nitrogen and oxygen atoms in total. The van der Waals surface area contributed by atoms with Crippen LogP contribution in [0.3, 0.4) is 0 Å². The normalized spacial score (nSPS) is 25.1. The van der Waals surface area contributed by atoms with Gasteiger partial charge in [0.1, 0.15) is 18.2 Å². The SMILES string of the molecule is C=CC(=O)N1CCN(c2nc(OC[C@@H]3CCCN3C)nc3c2C[C@H](C)[C@@H](c2c(C)c(C)cc(N)c2F)C3)[C@@H](C)C1. The summed E-state index contributed by atoms with van der Waals surface area (Å²) >= 11 is 0. The van der Waals surface area contributed by atoms with Gasteiger partial charge < -0.3 is 25.2 Å². The van der Waals surface area contributed by atoms with Crippen molar-refractivity contribution in [2.75, 3.05) is 50.5 Å². The van der Waals surface area contributed by atoms with E-state index in [4.69, 9.17) is 20.4 Å². The number of amides is 1. The highest BCUT2D eigenvalue weighted by atomic mass is 19.1. The monoisotopic (exact) mass is 550 g/mol. The zero-order valence-corrected chi connectivity index (χ0v) is 24.5. The van der Waals surface area contributed by atoms with Gasteiger partial charge in [0.05, 0.1) is 11.4 Å². The molecule has 1 aliphatic carbocycles. The van der Waals surface area contributed by atoms with Gasteiger partial charge in [-0.3, -0.25) is 4.79 Å². The molecule has 0 bridgehead atoms. The minimum absolute atomic E-state index is 0.0489. The number of rotatable bonds is 6. The number of nitrogen functional groups attached to an aromatic ring is 1. The molecule has 40 heavy (non-hydrogen) atoms. The van der Waals surface area contributed by atoms with Crippen molar-refractivity contribution < 1.29 is 13.9 Å².